The zero-order chi connectivity index (χ0) is 21.8. The van der Waals surface area contributed by atoms with Gasteiger partial charge >= 0.3 is 0 Å². The molecule has 5 N–H and O–H groups in total. The van der Waals surface area contributed by atoms with Gasteiger partial charge in [0.2, 0.25) is 0 Å². The Morgan fingerprint density at radius 2 is 1.81 bits per heavy atom. The minimum Gasteiger partial charge on any atom is -0.378 e. The van der Waals surface area contributed by atoms with Crippen LogP contribution in [0.25, 0.3) is 0 Å². The zero-order valence-corrected chi connectivity index (χ0v) is 18.6. The lowest BCUT2D eigenvalue weighted by Crippen LogP contribution is -2.62. The molecule has 1 saturated heterocycles. The van der Waals surface area contributed by atoms with E-state index in [4.69, 9.17) is 5.73 Å². The topological polar surface area (TPSA) is 85.0 Å². The van der Waals surface area contributed by atoms with Gasteiger partial charge in [-0.3, -0.25) is 10.2 Å². The van der Waals surface area contributed by atoms with E-state index in [1.807, 2.05) is 12.1 Å². The summed E-state index contributed by atoms with van der Waals surface area (Å²) < 4.78 is 13.7. The van der Waals surface area contributed by atoms with Gasteiger partial charge in [0, 0.05) is 42.7 Å². The predicted molar refractivity (Wildman–Crippen MR) is 119 cm³/mol. The number of nitrogens with one attached hydrogen (secondary N) is 1. The molecule has 0 aromatic heterocycles. The van der Waals surface area contributed by atoms with E-state index >= 15 is 0 Å². The van der Waals surface area contributed by atoms with E-state index in [1.54, 1.807) is 13.0 Å². The Balaban J connectivity index is 1.29. The minimum atomic E-state index is -0.661. The monoisotopic (exact) mass is 432 g/mol. The lowest BCUT2D eigenvalue weighted by Gasteiger charge is -2.49. The first kappa shape index (κ1) is 21.6. The second-order valence-electron chi connectivity index (χ2n) is 10.5. The molecule has 1 aromatic rings. The number of rotatable bonds is 6. The summed E-state index contributed by atoms with van der Waals surface area (Å²) in [5.74, 6) is -0.0889. The van der Waals surface area contributed by atoms with Crippen molar-refractivity contribution in [2.75, 3.05) is 24.5 Å². The molecule has 5 rings (SSSR count). The first-order valence-corrected chi connectivity index (χ1v) is 12.0. The Bertz CT molecular complexity index is 813. The van der Waals surface area contributed by atoms with Crippen molar-refractivity contribution in [3.05, 3.63) is 29.6 Å². The average Bonchev–Trinajstić information content (AvgIpc) is 3.69. The fourth-order valence-corrected chi connectivity index (χ4v) is 5.90. The predicted octanol–water partition coefficient (Wildman–Crippen LogP) is 2.27. The standard InChI is InChI=1S/C24H37FN4O2/c1-16-14-17(6-7-20(16)25)28-12-13-29(23(15-28)8-9-23)22(31)19-5-3-2-4-18(19)21(30)27-24(26)10-11-24/h6-7,14,18-19,21-22,27,30-31H,2-5,8-13,15,26H2,1H3/t18?,19-,21?,22?/m1/s1. The summed E-state index contributed by atoms with van der Waals surface area (Å²) in [6, 6.07) is 5.35. The third-order valence-corrected chi connectivity index (χ3v) is 8.25. The molecule has 7 heteroatoms. The molecule has 3 saturated carbocycles. The molecule has 6 nitrogen and oxygen atoms in total. The number of halogens is 1. The van der Waals surface area contributed by atoms with Gasteiger partial charge in [0.1, 0.15) is 18.3 Å². The van der Waals surface area contributed by atoms with Crippen molar-refractivity contribution in [1.82, 2.24) is 10.2 Å². The molecule has 31 heavy (non-hydrogen) atoms. The lowest BCUT2D eigenvalue weighted by molar-refractivity contribution is -0.121. The number of anilines is 1. The van der Waals surface area contributed by atoms with E-state index in [1.165, 1.54) is 0 Å². The van der Waals surface area contributed by atoms with Crippen molar-refractivity contribution in [1.29, 1.82) is 0 Å². The summed E-state index contributed by atoms with van der Waals surface area (Å²) in [6.07, 6.45) is 6.79. The van der Waals surface area contributed by atoms with Crippen molar-refractivity contribution >= 4 is 5.69 Å². The molecule has 0 bridgehead atoms. The number of piperazine rings is 1. The molecule has 1 spiro atoms. The van der Waals surface area contributed by atoms with Crippen LogP contribution < -0.4 is 16.0 Å². The Morgan fingerprint density at radius 3 is 2.45 bits per heavy atom. The average molecular weight is 433 g/mol. The van der Waals surface area contributed by atoms with Crippen LogP contribution in [-0.4, -0.2) is 58.4 Å². The molecule has 1 heterocycles. The second-order valence-corrected chi connectivity index (χ2v) is 10.5. The zero-order valence-electron chi connectivity index (χ0n) is 18.6. The number of hydrogen-bond donors (Lipinski definition) is 4. The first-order valence-electron chi connectivity index (χ1n) is 12.0. The van der Waals surface area contributed by atoms with Crippen LogP contribution in [0.3, 0.4) is 0 Å². The molecule has 4 fully saturated rings. The van der Waals surface area contributed by atoms with Crippen LogP contribution in [0.2, 0.25) is 0 Å². The normalized spacial score (nSPS) is 31.5. The minimum absolute atomic E-state index is 0.00802. The van der Waals surface area contributed by atoms with E-state index in [0.717, 1.165) is 76.7 Å². The largest absolute Gasteiger partial charge is 0.378 e. The molecule has 3 aliphatic carbocycles. The summed E-state index contributed by atoms with van der Waals surface area (Å²) in [4.78, 5) is 4.65. The van der Waals surface area contributed by atoms with Crippen LogP contribution in [0.5, 0.6) is 0 Å². The number of aliphatic hydroxyl groups excluding tert-OH is 2. The number of nitrogens with two attached hydrogens (primary N) is 1. The molecule has 1 aliphatic heterocycles. The van der Waals surface area contributed by atoms with E-state index in [0.29, 0.717) is 5.56 Å². The maximum Gasteiger partial charge on any atom is 0.126 e. The highest BCUT2D eigenvalue weighted by molar-refractivity contribution is 5.50. The Labute approximate surface area is 184 Å². The highest BCUT2D eigenvalue weighted by Crippen LogP contribution is 2.48. The highest BCUT2D eigenvalue weighted by Gasteiger charge is 2.55. The smallest absolute Gasteiger partial charge is 0.126 e. The van der Waals surface area contributed by atoms with Crippen molar-refractivity contribution in [2.45, 2.75) is 81.9 Å². The van der Waals surface area contributed by atoms with Gasteiger partial charge in [0.25, 0.3) is 0 Å². The molecule has 1 aromatic carbocycles. The molecule has 0 radical (unpaired) electrons. The maximum absolute atomic E-state index is 13.7. The van der Waals surface area contributed by atoms with Crippen molar-refractivity contribution < 1.29 is 14.6 Å². The fourth-order valence-electron chi connectivity index (χ4n) is 5.90. The Hall–Kier alpha value is -1.25. The number of nitrogens with zero attached hydrogens (tertiary/aromatic N) is 2. The van der Waals surface area contributed by atoms with Crippen LogP contribution in [0.4, 0.5) is 10.1 Å². The van der Waals surface area contributed by atoms with Crippen molar-refractivity contribution in [2.24, 2.45) is 17.6 Å². The summed E-state index contributed by atoms with van der Waals surface area (Å²) >= 11 is 0. The van der Waals surface area contributed by atoms with Gasteiger partial charge in [-0.25, -0.2) is 4.39 Å². The summed E-state index contributed by atoms with van der Waals surface area (Å²) in [5.41, 5.74) is 7.50. The third kappa shape index (κ3) is 4.23. The number of aryl methyl sites for hydroxylation is 1. The SMILES string of the molecule is Cc1cc(N2CCN(C(O)[C@@H]3CCCCC3C(O)NC3(N)CC3)C3(CC3)C2)ccc1F. The van der Waals surface area contributed by atoms with Crippen LogP contribution >= 0.6 is 0 Å². The van der Waals surface area contributed by atoms with E-state index in [9.17, 15) is 14.6 Å². The third-order valence-electron chi connectivity index (χ3n) is 8.25. The van der Waals surface area contributed by atoms with Crippen molar-refractivity contribution in [3.8, 4) is 0 Å². The second kappa shape index (κ2) is 7.96. The molecule has 4 atom stereocenters. The van der Waals surface area contributed by atoms with E-state index in [-0.39, 0.29) is 23.2 Å². The first-order chi connectivity index (χ1) is 14.8. The summed E-state index contributed by atoms with van der Waals surface area (Å²) in [6.45, 7) is 4.26. The highest BCUT2D eigenvalue weighted by atomic mass is 19.1. The van der Waals surface area contributed by atoms with E-state index in [2.05, 4.69) is 15.1 Å². The fraction of sp³-hybridized carbons (Fsp3) is 0.750. The maximum atomic E-state index is 13.7. The van der Waals surface area contributed by atoms with Crippen LogP contribution in [0, 0.1) is 24.6 Å². The molecule has 4 aliphatic rings. The van der Waals surface area contributed by atoms with Gasteiger partial charge < -0.3 is 20.8 Å². The van der Waals surface area contributed by atoms with Gasteiger partial charge in [0.05, 0.1) is 5.66 Å². The van der Waals surface area contributed by atoms with Gasteiger partial charge in [-0.2, -0.15) is 0 Å². The quantitative estimate of drug-likeness (QED) is 0.516. The summed E-state index contributed by atoms with van der Waals surface area (Å²) in [5, 5.41) is 25.7. The lowest BCUT2D eigenvalue weighted by atomic mass is 9.76. The van der Waals surface area contributed by atoms with E-state index < -0.39 is 18.1 Å². The van der Waals surface area contributed by atoms with Crippen LogP contribution in [0.15, 0.2) is 18.2 Å². The Kier molecular flexibility index (Phi) is 5.54. The van der Waals surface area contributed by atoms with Crippen LogP contribution in [0.1, 0.15) is 56.9 Å². The number of aliphatic hydroxyl groups is 2. The van der Waals surface area contributed by atoms with Gasteiger partial charge in [-0.05, 0) is 69.2 Å². The number of benzene rings is 1. The Morgan fingerprint density at radius 1 is 1.10 bits per heavy atom. The van der Waals surface area contributed by atoms with Crippen LogP contribution in [-0.2, 0) is 0 Å². The van der Waals surface area contributed by atoms with Gasteiger partial charge in [0.15, 0.2) is 0 Å². The van der Waals surface area contributed by atoms with Gasteiger partial charge in [-0.1, -0.05) is 12.8 Å². The number of hydrogen-bond acceptors (Lipinski definition) is 6. The molecular weight excluding hydrogens is 395 g/mol. The summed E-state index contributed by atoms with van der Waals surface area (Å²) in [7, 11) is 0. The molecule has 3 unspecified atom stereocenters. The van der Waals surface area contributed by atoms with Crippen molar-refractivity contribution in [3.63, 3.8) is 0 Å². The molecular formula is C24H37FN4O2. The molecule has 172 valence electrons. The molecule has 0 amide bonds. The van der Waals surface area contributed by atoms with Gasteiger partial charge in [-0.15, -0.1) is 0 Å².